The van der Waals surface area contributed by atoms with Crippen LogP contribution in [0.25, 0.3) is 0 Å². The van der Waals surface area contributed by atoms with Gasteiger partial charge < -0.3 is 14.7 Å². The lowest BCUT2D eigenvalue weighted by molar-refractivity contribution is -0.140. The number of amides is 1. The van der Waals surface area contributed by atoms with Gasteiger partial charge in [-0.25, -0.2) is 4.68 Å². The molecular formula is C22H36N6O4. The van der Waals surface area contributed by atoms with E-state index in [1.54, 1.807) is 30.5 Å². The van der Waals surface area contributed by atoms with Gasteiger partial charge in [0.05, 0.1) is 37.0 Å². The Bertz CT molecular complexity index is 896. The molecule has 0 bridgehead atoms. The van der Waals surface area contributed by atoms with Crippen molar-refractivity contribution in [2.75, 3.05) is 26.8 Å². The van der Waals surface area contributed by atoms with Crippen LogP contribution in [-0.4, -0.2) is 73.5 Å². The molecule has 0 aliphatic rings. The van der Waals surface area contributed by atoms with Crippen LogP contribution >= 0.6 is 0 Å². The Kier molecular flexibility index (Phi) is 8.54. The van der Waals surface area contributed by atoms with Crippen LogP contribution in [0.2, 0.25) is 0 Å². The number of aliphatic carboxylic acids is 1. The average molecular weight is 449 g/mol. The van der Waals surface area contributed by atoms with Crippen LogP contribution in [0, 0.1) is 5.41 Å². The van der Waals surface area contributed by atoms with E-state index in [1.165, 1.54) is 0 Å². The van der Waals surface area contributed by atoms with Crippen molar-refractivity contribution in [3.05, 3.63) is 29.8 Å². The topological polar surface area (TPSA) is 115 Å². The Balaban J connectivity index is 1.96. The molecule has 0 aliphatic heterocycles. The van der Waals surface area contributed by atoms with Gasteiger partial charge in [0.15, 0.2) is 0 Å². The monoisotopic (exact) mass is 448 g/mol. The molecule has 2 aromatic rings. The molecule has 0 saturated carbocycles. The van der Waals surface area contributed by atoms with E-state index >= 15 is 0 Å². The molecule has 0 spiro atoms. The largest absolute Gasteiger partial charge is 0.481 e. The molecule has 0 unspecified atom stereocenters. The second-order valence-electron chi connectivity index (χ2n) is 9.91. The molecule has 0 radical (unpaired) electrons. The van der Waals surface area contributed by atoms with Crippen molar-refractivity contribution in [2.24, 2.45) is 5.41 Å². The summed E-state index contributed by atoms with van der Waals surface area (Å²) in [4.78, 5) is 25.6. The summed E-state index contributed by atoms with van der Waals surface area (Å²) in [5, 5.41) is 21.9. The van der Waals surface area contributed by atoms with Crippen molar-refractivity contribution in [3.63, 3.8) is 0 Å². The maximum absolute atomic E-state index is 12.8. The average Bonchev–Trinajstić information content (AvgIpc) is 3.29. The third-order valence-electron chi connectivity index (χ3n) is 5.07. The number of hydrogen-bond acceptors (Lipinski definition) is 6. The van der Waals surface area contributed by atoms with Crippen molar-refractivity contribution < 1.29 is 19.4 Å². The quantitative estimate of drug-likeness (QED) is 0.529. The van der Waals surface area contributed by atoms with Crippen molar-refractivity contribution >= 4 is 11.9 Å². The van der Waals surface area contributed by atoms with Gasteiger partial charge in [0.2, 0.25) is 5.91 Å². The normalized spacial score (nSPS) is 12.2. The van der Waals surface area contributed by atoms with Crippen molar-refractivity contribution in [2.45, 2.75) is 66.0 Å². The Morgan fingerprint density at radius 2 is 1.84 bits per heavy atom. The van der Waals surface area contributed by atoms with Crippen LogP contribution in [0.15, 0.2) is 18.6 Å². The van der Waals surface area contributed by atoms with E-state index in [0.717, 1.165) is 11.3 Å². The highest BCUT2D eigenvalue weighted by atomic mass is 16.5. The van der Waals surface area contributed by atoms with E-state index < -0.39 is 11.4 Å². The molecule has 2 aromatic heterocycles. The number of carboxylic acid groups (broad SMARTS) is 1. The Morgan fingerprint density at radius 3 is 2.44 bits per heavy atom. The Hall–Kier alpha value is -2.75. The molecule has 32 heavy (non-hydrogen) atoms. The van der Waals surface area contributed by atoms with Gasteiger partial charge in [0.1, 0.15) is 0 Å². The maximum atomic E-state index is 12.8. The molecule has 10 nitrogen and oxygen atoms in total. The zero-order chi connectivity index (χ0) is 23.9. The Labute approximate surface area is 189 Å². The first-order chi connectivity index (χ1) is 14.9. The SMILES string of the molecule is COCCN(CCc1cn(Cc2cnn(C(C)(C)C)c2)nn1)C(=O)CC(C)(C)CC(=O)O. The third kappa shape index (κ3) is 8.07. The molecule has 2 heterocycles. The summed E-state index contributed by atoms with van der Waals surface area (Å²) in [6.45, 7) is 11.8. The number of methoxy groups -OCH3 is 1. The predicted octanol–water partition coefficient (Wildman–Crippen LogP) is 2.19. The summed E-state index contributed by atoms with van der Waals surface area (Å²) >= 11 is 0. The van der Waals surface area contributed by atoms with E-state index in [0.29, 0.717) is 32.7 Å². The number of rotatable bonds is 12. The van der Waals surface area contributed by atoms with Gasteiger partial charge in [-0.1, -0.05) is 19.1 Å². The van der Waals surface area contributed by atoms with Crippen LogP contribution in [-0.2, 0) is 32.8 Å². The third-order valence-corrected chi connectivity index (χ3v) is 5.07. The minimum Gasteiger partial charge on any atom is -0.481 e. The molecule has 0 fully saturated rings. The highest BCUT2D eigenvalue weighted by molar-refractivity contribution is 5.78. The number of carbonyl (C=O) groups excluding carboxylic acids is 1. The molecule has 1 N–H and O–H groups in total. The van der Waals surface area contributed by atoms with Crippen molar-refractivity contribution in [1.29, 1.82) is 0 Å². The van der Waals surface area contributed by atoms with Crippen LogP contribution in [0.5, 0.6) is 0 Å². The molecule has 10 heteroatoms. The highest BCUT2D eigenvalue weighted by Gasteiger charge is 2.27. The van der Waals surface area contributed by atoms with Crippen LogP contribution in [0.4, 0.5) is 0 Å². The number of ether oxygens (including phenoxy) is 1. The standard InChI is InChI=1S/C22H36N6O4/c1-21(2,3)28-15-17(13-23-28)14-27-16-18(24-25-27)7-8-26(9-10-32-6)19(29)11-22(4,5)12-20(30)31/h13,15-16H,7-12,14H2,1-6H3,(H,30,31). The number of aromatic nitrogens is 5. The maximum Gasteiger partial charge on any atom is 0.303 e. The minimum absolute atomic E-state index is 0.0586. The van der Waals surface area contributed by atoms with E-state index in [4.69, 9.17) is 9.84 Å². The van der Waals surface area contributed by atoms with Crippen molar-refractivity contribution in [3.8, 4) is 0 Å². The van der Waals surface area contributed by atoms with E-state index in [9.17, 15) is 9.59 Å². The summed E-state index contributed by atoms with van der Waals surface area (Å²) in [7, 11) is 1.59. The molecule has 0 saturated heterocycles. The van der Waals surface area contributed by atoms with Crippen molar-refractivity contribution in [1.82, 2.24) is 29.7 Å². The fraction of sp³-hybridized carbons (Fsp3) is 0.682. The van der Waals surface area contributed by atoms with Gasteiger partial charge in [-0.05, 0) is 26.2 Å². The highest BCUT2D eigenvalue weighted by Crippen LogP contribution is 2.26. The fourth-order valence-corrected chi connectivity index (χ4v) is 3.33. The van der Waals surface area contributed by atoms with Gasteiger partial charge in [0, 0.05) is 51.0 Å². The smallest absolute Gasteiger partial charge is 0.303 e. The molecule has 1 amide bonds. The molecule has 0 atom stereocenters. The van der Waals surface area contributed by atoms with Gasteiger partial charge in [-0.3, -0.25) is 14.3 Å². The minimum atomic E-state index is -0.907. The number of carboxylic acids is 1. The lowest BCUT2D eigenvalue weighted by atomic mass is 9.85. The molecule has 0 aliphatic carbocycles. The Morgan fingerprint density at radius 1 is 1.12 bits per heavy atom. The molecule has 178 valence electrons. The molecular weight excluding hydrogens is 412 g/mol. The first-order valence-electron chi connectivity index (χ1n) is 10.8. The van der Waals surface area contributed by atoms with Gasteiger partial charge >= 0.3 is 5.97 Å². The summed E-state index contributed by atoms with van der Waals surface area (Å²) in [5.74, 6) is -0.994. The number of hydrogen-bond donors (Lipinski definition) is 1. The van der Waals surface area contributed by atoms with Gasteiger partial charge in [-0.15, -0.1) is 5.10 Å². The lowest BCUT2D eigenvalue weighted by Gasteiger charge is -2.28. The summed E-state index contributed by atoms with van der Waals surface area (Å²) in [6, 6.07) is 0. The molecule has 0 aromatic carbocycles. The summed E-state index contributed by atoms with van der Waals surface area (Å²) < 4.78 is 8.82. The number of nitrogens with zero attached hydrogens (tertiary/aromatic N) is 6. The second kappa shape index (κ2) is 10.7. The van der Waals surface area contributed by atoms with Crippen LogP contribution in [0.3, 0.4) is 0 Å². The zero-order valence-corrected chi connectivity index (χ0v) is 20.0. The van der Waals surface area contributed by atoms with Gasteiger partial charge in [0.25, 0.3) is 0 Å². The summed E-state index contributed by atoms with van der Waals surface area (Å²) in [6.07, 6.45) is 6.37. The van der Waals surface area contributed by atoms with Gasteiger partial charge in [-0.2, -0.15) is 5.10 Å². The number of carbonyl (C=O) groups is 2. The van der Waals surface area contributed by atoms with Crippen LogP contribution < -0.4 is 0 Å². The van der Waals surface area contributed by atoms with Crippen LogP contribution in [0.1, 0.15) is 58.7 Å². The van der Waals surface area contributed by atoms with E-state index in [1.807, 2.05) is 23.3 Å². The lowest BCUT2D eigenvalue weighted by Crippen LogP contribution is -2.38. The predicted molar refractivity (Wildman–Crippen MR) is 119 cm³/mol. The zero-order valence-electron chi connectivity index (χ0n) is 20.0. The van der Waals surface area contributed by atoms with E-state index in [2.05, 4.69) is 36.2 Å². The summed E-state index contributed by atoms with van der Waals surface area (Å²) in [5.41, 5.74) is 1.12. The first-order valence-corrected chi connectivity index (χ1v) is 10.8. The van der Waals surface area contributed by atoms with E-state index in [-0.39, 0.29) is 24.3 Å². The fourth-order valence-electron chi connectivity index (χ4n) is 3.33. The second-order valence-corrected chi connectivity index (χ2v) is 9.91. The first kappa shape index (κ1) is 25.5. The molecule has 2 rings (SSSR count).